The van der Waals surface area contributed by atoms with E-state index in [2.05, 4.69) is 15.1 Å². The molecule has 13 atom stereocenters. The summed E-state index contributed by atoms with van der Waals surface area (Å²) < 4.78 is 38.6. The third-order valence-corrected chi connectivity index (χ3v) is 11.5. The van der Waals surface area contributed by atoms with Crippen LogP contribution in [0.15, 0.2) is 28.5 Å². The first-order chi connectivity index (χ1) is 25.4. The van der Waals surface area contributed by atoms with Crippen LogP contribution in [0.3, 0.4) is 0 Å². The van der Waals surface area contributed by atoms with Crippen LogP contribution in [-0.4, -0.2) is 126 Å². The van der Waals surface area contributed by atoms with E-state index < -0.39 is 71.7 Å². The fraction of sp³-hybridized carbons (Fsp3) is 0.763. The molecule has 0 aliphatic carbocycles. The number of amidine groups is 1. The number of aliphatic hydroxyl groups is 1. The van der Waals surface area contributed by atoms with Crippen molar-refractivity contribution in [2.45, 2.75) is 141 Å². The largest absolute Gasteiger partial charge is 0.458 e. The standard InChI is InChI=1S/C38H60N6O10/c1-10-28-38(7)33(42-36(40)54-38)23(5)31(45)20(2)16-37(6)29(53-35-32(46)26(44(8)9)13-21(3)51-35)15-27(22(4)34(47)52-28)48-18-25(19-49-37)43-50-17-24-11-12-41-30(39)14-24/h11-12,14,20-23,26-29,32-33,35,46H,10,13,15-19H2,1-9H3,(H2,39,41)(H2,40,42)/b43-25+/t20-,21-,22-,23+,26+,27-,28-,29-,32-,33?,35?,37+,38?/m1/s1. The van der Waals surface area contributed by atoms with Crippen molar-refractivity contribution >= 4 is 29.3 Å². The summed E-state index contributed by atoms with van der Waals surface area (Å²) in [5.41, 5.74) is 10.8. The number of ether oxygens (including phenoxy) is 6. The first kappa shape index (κ1) is 41.7. The van der Waals surface area contributed by atoms with Crippen LogP contribution in [0.25, 0.3) is 0 Å². The number of rotatable bonds is 7. The fourth-order valence-corrected chi connectivity index (χ4v) is 8.26. The Labute approximate surface area is 318 Å². The summed E-state index contributed by atoms with van der Waals surface area (Å²) in [5.74, 6) is -2.33. The second-order valence-electron chi connectivity index (χ2n) is 16.0. The van der Waals surface area contributed by atoms with Crippen molar-refractivity contribution in [1.29, 1.82) is 0 Å². The molecule has 16 nitrogen and oxygen atoms in total. The van der Waals surface area contributed by atoms with Gasteiger partial charge in [0.2, 0.25) is 0 Å². The van der Waals surface area contributed by atoms with Gasteiger partial charge in [-0.15, -0.1) is 0 Å². The van der Waals surface area contributed by atoms with Gasteiger partial charge in [-0.3, -0.25) is 9.59 Å². The first-order valence-electron chi connectivity index (χ1n) is 19.0. The minimum absolute atomic E-state index is 0.0398. The van der Waals surface area contributed by atoms with Crippen LogP contribution >= 0.6 is 0 Å². The Kier molecular flexibility index (Phi) is 13.3. The number of nitrogens with zero attached hydrogens (tertiary/aromatic N) is 4. The maximum absolute atomic E-state index is 14.4. The summed E-state index contributed by atoms with van der Waals surface area (Å²) >= 11 is 0. The second-order valence-corrected chi connectivity index (χ2v) is 16.0. The number of ketones is 1. The normalized spacial score (nSPS) is 40.5. The molecular formula is C38H60N6O10. The molecule has 3 fully saturated rings. The quantitative estimate of drug-likeness (QED) is 0.270. The molecule has 5 N–H and O–H groups in total. The molecule has 0 radical (unpaired) electrons. The Morgan fingerprint density at radius 2 is 1.83 bits per heavy atom. The maximum atomic E-state index is 14.4. The van der Waals surface area contributed by atoms with Crippen molar-refractivity contribution in [3.63, 3.8) is 0 Å². The number of aromatic nitrogens is 1. The SMILES string of the molecule is CC[C@H]1OC(=O)[C@H](C)[C@H]2C[C@@H](OC3O[C@H](C)C[C@H](N(C)C)[C@H]3O)[C@](C)(C[C@@H](C)C(=O)[C@H](C)C3N=C(N)OC31C)OC/C(=N/OCc1ccnc(N)c1)CO2. The third kappa shape index (κ3) is 9.16. The van der Waals surface area contributed by atoms with E-state index in [1.165, 1.54) is 0 Å². The smallest absolute Gasteiger partial charge is 0.311 e. The van der Waals surface area contributed by atoms with Crippen molar-refractivity contribution in [1.82, 2.24) is 9.88 Å². The van der Waals surface area contributed by atoms with Crippen LogP contribution in [0, 0.1) is 17.8 Å². The van der Waals surface area contributed by atoms with Gasteiger partial charge in [0.15, 0.2) is 11.9 Å². The highest BCUT2D eigenvalue weighted by molar-refractivity contribution is 5.87. The Morgan fingerprint density at radius 3 is 2.52 bits per heavy atom. The monoisotopic (exact) mass is 760 g/mol. The number of nitrogens with two attached hydrogens (primary N) is 2. The van der Waals surface area contributed by atoms with Crippen LogP contribution in [0.2, 0.25) is 0 Å². The number of carbonyl (C=O) groups excluding carboxylic acids is 2. The number of nitrogen functional groups attached to an aromatic ring is 1. The molecule has 0 aromatic carbocycles. The predicted molar refractivity (Wildman–Crippen MR) is 199 cm³/mol. The Balaban J connectivity index is 1.56. The van der Waals surface area contributed by atoms with E-state index in [0.29, 0.717) is 24.4 Å². The Bertz CT molecular complexity index is 1550. The predicted octanol–water partition coefficient (Wildman–Crippen LogP) is 2.59. The van der Waals surface area contributed by atoms with Gasteiger partial charge < -0.3 is 54.7 Å². The molecule has 5 heterocycles. The molecule has 4 aliphatic rings. The zero-order chi connectivity index (χ0) is 39.5. The molecule has 4 aliphatic heterocycles. The molecule has 302 valence electrons. The van der Waals surface area contributed by atoms with E-state index in [1.54, 1.807) is 39.1 Å². The number of pyridine rings is 1. The zero-order valence-corrected chi connectivity index (χ0v) is 33.1. The van der Waals surface area contributed by atoms with Gasteiger partial charge in [0.05, 0.1) is 43.0 Å². The Hall–Kier alpha value is -3.41. The van der Waals surface area contributed by atoms with Gasteiger partial charge in [0.1, 0.15) is 42.2 Å². The minimum Gasteiger partial charge on any atom is -0.458 e. The molecule has 0 spiro atoms. The molecular weight excluding hydrogens is 700 g/mol. The van der Waals surface area contributed by atoms with Gasteiger partial charge in [0, 0.05) is 30.5 Å². The van der Waals surface area contributed by atoms with Gasteiger partial charge in [0.25, 0.3) is 6.02 Å². The van der Waals surface area contributed by atoms with Crippen molar-refractivity contribution in [2.24, 2.45) is 33.6 Å². The number of hydrogen-bond acceptors (Lipinski definition) is 16. The zero-order valence-electron chi connectivity index (χ0n) is 33.1. The van der Waals surface area contributed by atoms with Crippen molar-refractivity contribution in [3.8, 4) is 0 Å². The van der Waals surface area contributed by atoms with E-state index in [0.717, 1.165) is 5.56 Å². The average Bonchev–Trinajstić information content (AvgIpc) is 3.46. The number of fused-ring (bicyclic) bond motifs is 4. The first-order valence-corrected chi connectivity index (χ1v) is 19.0. The second kappa shape index (κ2) is 17.2. The van der Waals surface area contributed by atoms with Crippen molar-refractivity contribution in [2.75, 3.05) is 33.0 Å². The number of aliphatic hydroxyl groups excluding tert-OH is 1. The van der Waals surface area contributed by atoms with E-state index in [4.69, 9.17) is 44.7 Å². The van der Waals surface area contributed by atoms with Crippen LogP contribution < -0.4 is 11.5 Å². The Morgan fingerprint density at radius 1 is 1.09 bits per heavy atom. The topological polar surface area (TPSA) is 212 Å². The lowest BCUT2D eigenvalue weighted by Crippen LogP contribution is -2.58. The summed E-state index contributed by atoms with van der Waals surface area (Å²) in [6, 6.07) is 2.45. The number of cyclic esters (lactones) is 1. The lowest BCUT2D eigenvalue weighted by atomic mass is 9.75. The number of anilines is 1. The molecule has 1 aromatic rings. The number of aliphatic imine (C=N–C) groups is 1. The average molecular weight is 761 g/mol. The molecule has 16 heteroatoms. The molecule has 3 saturated heterocycles. The summed E-state index contributed by atoms with van der Waals surface area (Å²) in [6.07, 6.45) is -1.77. The van der Waals surface area contributed by atoms with Crippen molar-refractivity contribution in [3.05, 3.63) is 23.9 Å². The van der Waals surface area contributed by atoms with E-state index in [9.17, 15) is 14.7 Å². The highest BCUT2D eigenvalue weighted by Crippen LogP contribution is 2.41. The summed E-state index contributed by atoms with van der Waals surface area (Å²) in [4.78, 5) is 44.8. The molecule has 1 aromatic heterocycles. The number of esters is 1. The van der Waals surface area contributed by atoms with Crippen molar-refractivity contribution < 1.29 is 48.0 Å². The van der Waals surface area contributed by atoms with Gasteiger partial charge >= 0.3 is 5.97 Å². The molecule has 2 bridgehead atoms. The van der Waals surface area contributed by atoms with E-state index in [1.807, 2.05) is 46.7 Å². The molecule has 5 rings (SSSR count). The maximum Gasteiger partial charge on any atom is 0.311 e. The lowest BCUT2D eigenvalue weighted by Gasteiger charge is -2.46. The van der Waals surface area contributed by atoms with Crippen LogP contribution in [0.4, 0.5) is 5.82 Å². The highest BCUT2D eigenvalue weighted by atomic mass is 16.7. The van der Waals surface area contributed by atoms with Crippen LogP contribution in [0.1, 0.15) is 79.7 Å². The third-order valence-electron chi connectivity index (χ3n) is 11.5. The minimum atomic E-state index is -1.20. The van der Waals surface area contributed by atoms with Crippen LogP contribution in [-0.2, 0) is 49.5 Å². The summed E-state index contributed by atoms with van der Waals surface area (Å²) in [7, 11) is 3.81. The molecule has 0 saturated carbocycles. The number of oxime groups is 1. The van der Waals surface area contributed by atoms with Crippen LogP contribution in [0.5, 0.6) is 0 Å². The summed E-state index contributed by atoms with van der Waals surface area (Å²) in [6.45, 7) is 12.9. The number of likely N-dealkylation sites (N-methyl/N-ethyl adjacent to an activating group) is 1. The van der Waals surface area contributed by atoms with E-state index >= 15 is 0 Å². The number of hydrogen-bond donors (Lipinski definition) is 3. The number of carbonyl (C=O) groups is 2. The van der Waals surface area contributed by atoms with Gasteiger partial charge in [-0.05, 0) is 78.7 Å². The van der Waals surface area contributed by atoms with Gasteiger partial charge in [-0.2, -0.15) is 0 Å². The molecule has 54 heavy (non-hydrogen) atoms. The van der Waals surface area contributed by atoms with Gasteiger partial charge in [-0.25, -0.2) is 9.98 Å². The van der Waals surface area contributed by atoms with E-state index in [-0.39, 0.29) is 56.6 Å². The fourth-order valence-electron chi connectivity index (χ4n) is 8.26. The van der Waals surface area contributed by atoms with Gasteiger partial charge in [-0.1, -0.05) is 25.9 Å². The molecule has 3 unspecified atom stereocenters. The number of Topliss-reactive ketones (excluding diaryl/α,β-unsaturated/α-hetero) is 1. The summed E-state index contributed by atoms with van der Waals surface area (Å²) in [5, 5.41) is 15.9. The lowest BCUT2D eigenvalue weighted by molar-refractivity contribution is -0.294. The highest BCUT2D eigenvalue weighted by Gasteiger charge is 2.55. The molecule has 0 amide bonds.